The first-order valence-corrected chi connectivity index (χ1v) is 14.8. The van der Waals surface area contributed by atoms with Gasteiger partial charge in [0.1, 0.15) is 17.5 Å². The summed E-state index contributed by atoms with van der Waals surface area (Å²) >= 11 is 7.88. The number of aromatic hydroxyl groups is 1. The largest absolute Gasteiger partial charge is 0.508 e. The molecule has 43 heavy (non-hydrogen) atoms. The zero-order chi connectivity index (χ0) is 30.6. The second kappa shape index (κ2) is 10.9. The van der Waals surface area contributed by atoms with Gasteiger partial charge in [-0.25, -0.2) is 4.90 Å². The zero-order valence-electron chi connectivity index (χ0n) is 21.7. The van der Waals surface area contributed by atoms with Gasteiger partial charge in [0.2, 0.25) is 17.7 Å². The van der Waals surface area contributed by atoms with Crippen molar-refractivity contribution in [2.45, 2.75) is 28.9 Å². The number of carbonyl (C=O) groups excluding carboxylic acids is 3. The Morgan fingerprint density at radius 1 is 0.977 bits per heavy atom. The van der Waals surface area contributed by atoms with E-state index in [1.807, 2.05) is 0 Å². The van der Waals surface area contributed by atoms with Crippen molar-refractivity contribution in [3.05, 3.63) is 103 Å². The molecule has 3 amide bonds. The minimum atomic E-state index is -4.68. The summed E-state index contributed by atoms with van der Waals surface area (Å²) in [7, 11) is 0. The molecule has 0 saturated carbocycles. The fraction of sp³-hybridized carbons (Fsp3) is 0.172. The number of thiazole rings is 1. The Morgan fingerprint density at radius 2 is 1.67 bits per heavy atom. The van der Waals surface area contributed by atoms with Gasteiger partial charge in [-0.05, 0) is 60.2 Å². The summed E-state index contributed by atoms with van der Waals surface area (Å²) in [6, 6.07) is 16.3. The summed E-state index contributed by atoms with van der Waals surface area (Å²) in [6.07, 6.45) is -4.68. The first-order chi connectivity index (χ1) is 20.4. The normalized spacial score (nSPS) is 19.7. The zero-order valence-corrected chi connectivity index (χ0v) is 24.1. The Balaban J connectivity index is 1.40. The fourth-order valence-electron chi connectivity index (χ4n) is 5.25. The Kier molecular flexibility index (Phi) is 7.35. The van der Waals surface area contributed by atoms with Gasteiger partial charge in [-0.1, -0.05) is 52.9 Å². The topological polar surface area (TPSA) is 109 Å². The number of halogens is 4. The van der Waals surface area contributed by atoms with Crippen LogP contribution in [0.5, 0.6) is 5.75 Å². The van der Waals surface area contributed by atoms with Gasteiger partial charge < -0.3 is 10.4 Å². The van der Waals surface area contributed by atoms with E-state index in [0.717, 1.165) is 46.2 Å². The Hall–Kier alpha value is -4.07. The lowest BCUT2D eigenvalue weighted by Gasteiger charge is -2.30. The third kappa shape index (κ3) is 5.32. The van der Waals surface area contributed by atoms with E-state index in [0.29, 0.717) is 26.2 Å². The number of alkyl halides is 3. The number of nitrogens with one attached hydrogen (secondary N) is 1. The van der Waals surface area contributed by atoms with Gasteiger partial charge in [0, 0.05) is 21.5 Å². The molecule has 6 rings (SSSR count). The first-order valence-electron chi connectivity index (χ1n) is 12.7. The van der Waals surface area contributed by atoms with E-state index >= 15 is 0 Å². The molecule has 1 fully saturated rings. The van der Waals surface area contributed by atoms with Crippen LogP contribution in [0.3, 0.4) is 0 Å². The third-order valence-corrected chi connectivity index (χ3v) is 10.0. The van der Waals surface area contributed by atoms with Gasteiger partial charge in [0.25, 0.3) is 0 Å². The van der Waals surface area contributed by atoms with Crippen LogP contribution in [0.1, 0.15) is 21.9 Å². The van der Waals surface area contributed by atoms with Crippen molar-refractivity contribution in [2.75, 3.05) is 10.2 Å². The Morgan fingerprint density at radius 3 is 2.35 bits per heavy atom. The maximum Gasteiger partial charge on any atom is 0.416 e. The summed E-state index contributed by atoms with van der Waals surface area (Å²) in [5, 5.41) is 11.8. The number of hydrogen-bond acceptors (Lipinski definition) is 7. The van der Waals surface area contributed by atoms with E-state index in [9.17, 15) is 37.5 Å². The molecule has 0 spiro atoms. The standard InChI is InChI=1S/C29H19ClF3N3O5S2/c30-16-6-4-14(5-7-16)21-22-23(26(40)36(25(22)39)18-3-1-2-15(12-18)29(31,32)33)42-27-24(21)43-28(41)35(27)13-20(38)34-17-8-10-19(37)11-9-17/h1-12,21-23,37H,13H2,(H,34,38). The highest BCUT2D eigenvalue weighted by molar-refractivity contribution is 8.00. The van der Waals surface area contributed by atoms with Gasteiger partial charge in [-0.2, -0.15) is 13.2 Å². The van der Waals surface area contributed by atoms with E-state index < -0.39 is 58.0 Å². The van der Waals surface area contributed by atoms with E-state index in [1.54, 1.807) is 24.3 Å². The Bertz CT molecular complexity index is 1820. The second-order valence-electron chi connectivity index (χ2n) is 9.87. The molecule has 0 aliphatic carbocycles. The maximum atomic E-state index is 13.9. The third-order valence-electron chi connectivity index (χ3n) is 7.16. The van der Waals surface area contributed by atoms with Crippen molar-refractivity contribution >= 4 is 63.8 Å². The second-order valence-corrected chi connectivity index (χ2v) is 12.4. The van der Waals surface area contributed by atoms with Crippen LogP contribution in [0.15, 0.2) is 82.6 Å². The molecular formula is C29H19ClF3N3O5S2. The SMILES string of the molecule is O=C(Cn1c2c(sc1=O)C(c1ccc(Cl)cc1)C1C(=O)N(c3cccc(C(F)(F)F)c3)C(=O)C1S2)Nc1ccc(O)cc1. The predicted molar refractivity (Wildman–Crippen MR) is 156 cm³/mol. The molecule has 2 aliphatic rings. The highest BCUT2D eigenvalue weighted by Gasteiger charge is 2.57. The van der Waals surface area contributed by atoms with Crippen LogP contribution in [0.25, 0.3) is 0 Å². The number of hydrogen-bond donors (Lipinski definition) is 2. The molecular weight excluding hydrogens is 627 g/mol. The quantitative estimate of drug-likeness (QED) is 0.212. The molecule has 2 aliphatic heterocycles. The number of rotatable bonds is 5. The number of amides is 3. The summed E-state index contributed by atoms with van der Waals surface area (Å²) in [6.45, 7) is -0.400. The van der Waals surface area contributed by atoms with Gasteiger partial charge in [-0.3, -0.25) is 23.7 Å². The Labute approximate surface area is 254 Å². The van der Waals surface area contributed by atoms with E-state index in [4.69, 9.17) is 11.6 Å². The number of aromatic nitrogens is 1. The van der Waals surface area contributed by atoms with E-state index in [-0.39, 0.29) is 11.4 Å². The van der Waals surface area contributed by atoms with Crippen molar-refractivity contribution < 1.29 is 32.7 Å². The first kappa shape index (κ1) is 29.0. The van der Waals surface area contributed by atoms with E-state index in [2.05, 4.69) is 5.32 Å². The molecule has 0 radical (unpaired) electrons. The van der Waals surface area contributed by atoms with Crippen LogP contribution < -0.4 is 15.1 Å². The summed E-state index contributed by atoms with van der Waals surface area (Å²) in [4.78, 5) is 54.5. The number of fused-ring (bicyclic) bond motifs is 2. The number of anilines is 2. The minimum Gasteiger partial charge on any atom is -0.508 e. The molecule has 14 heteroatoms. The average molecular weight is 646 g/mol. The van der Waals surface area contributed by atoms with Gasteiger partial charge >= 0.3 is 11.0 Å². The van der Waals surface area contributed by atoms with Crippen LogP contribution in [0.4, 0.5) is 24.5 Å². The van der Waals surface area contributed by atoms with Crippen molar-refractivity contribution in [2.24, 2.45) is 5.92 Å². The number of carbonyl (C=O) groups is 3. The van der Waals surface area contributed by atoms with Crippen LogP contribution in [0, 0.1) is 5.92 Å². The molecule has 4 aromatic rings. The molecule has 2 N–H and O–H groups in total. The predicted octanol–water partition coefficient (Wildman–Crippen LogP) is 5.72. The molecule has 3 atom stereocenters. The maximum absolute atomic E-state index is 13.9. The number of phenolic OH excluding ortho intramolecular Hbond substituents is 1. The van der Waals surface area contributed by atoms with Crippen LogP contribution in [-0.4, -0.2) is 32.6 Å². The lowest BCUT2D eigenvalue weighted by molar-refractivity contribution is -0.137. The number of nitrogens with zero attached hydrogens (tertiary/aromatic N) is 2. The van der Waals surface area contributed by atoms with Crippen molar-refractivity contribution in [3.63, 3.8) is 0 Å². The highest BCUT2D eigenvalue weighted by Crippen LogP contribution is 2.54. The van der Waals surface area contributed by atoms with Crippen molar-refractivity contribution in [1.82, 2.24) is 4.57 Å². The van der Waals surface area contributed by atoms with Crippen molar-refractivity contribution in [1.29, 1.82) is 0 Å². The van der Waals surface area contributed by atoms with Crippen LogP contribution in [-0.2, 0) is 27.1 Å². The van der Waals surface area contributed by atoms with E-state index in [1.165, 1.54) is 34.9 Å². The van der Waals surface area contributed by atoms with Gasteiger partial charge in [-0.15, -0.1) is 0 Å². The van der Waals surface area contributed by atoms with Gasteiger partial charge in [0.15, 0.2) is 0 Å². The van der Waals surface area contributed by atoms with Crippen LogP contribution in [0.2, 0.25) is 5.02 Å². The highest BCUT2D eigenvalue weighted by atomic mass is 35.5. The molecule has 0 bridgehead atoms. The fourth-order valence-corrected chi connectivity index (χ4v) is 8.15. The van der Waals surface area contributed by atoms with Gasteiger partial charge in [0.05, 0.1) is 22.2 Å². The molecule has 3 unspecified atom stereocenters. The summed E-state index contributed by atoms with van der Waals surface area (Å²) < 4.78 is 41.6. The lowest BCUT2D eigenvalue weighted by atomic mass is 9.83. The summed E-state index contributed by atoms with van der Waals surface area (Å²) in [5.74, 6) is -3.77. The lowest BCUT2D eigenvalue weighted by Crippen LogP contribution is -2.33. The van der Waals surface area contributed by atoms with Crippen molar-refractivity contribution in [3.8, 4) is 5.75 Å². The molecule has 8 nitrogen and oxygen atoms in total. The molecule has 3 heterocycles. The molecule has 220 valence electrons. The summed E-state index contributed by atoms with van der Waals surface area (Å²) in [5.41, 5.74) is -0.242. The number of benzene rings is 3. The van der Waals surface area contributed by atoms with Crippen LogP contribution >= 0.6 is 34.7 Å². The molecule has 1 saturated heterocycles. The minimum absolute atomic E-state index is 0.00951. The monoisotopic (exact) mass is 645 g/mol. The number of thioether (sulfide) groups is 1. The smallest absolute Gasteiger partial charge is 0.416 e. The number of phenols is 1. The average Bonchev–Trinajstić information content (AvgIpc) is 3.40. The molecule has 3 aromatic carbocycles. The molecule has 1 aromatic heterocycles. The number of imide groups is 1.